The van der Waals surface area contributed by atoms with Crippen LogP contribution in [0, 0.1) is 11.3 Å². The number of carbonyl (C=O) groups excluding carboxylic acids is 1. The summed E-state index contributed by atoms with van der Waals surface area (Å²) in [5.74, 6) is -0.296. The van der Waals surface area contributed by atoms with E-state index in [-0.39, 0.29) is 5.91 Å². The highest BCUT2D eigenvalue weighted by Crippen LogP contribution is 2.29. The fraction of sp³-hybridized carbons (Fsp3) is 0.188. The first-order chi connectivity index (χ1) is 11.2. The van der Waals surface area contributed by atoms with Gasteiger partial charge in [0.2, 0.25) is 0 Å². The van der Waals surface area contributed by atoms with Crippen molar-refractivity contribution in [2.24, 2.45) is 0 Å². The highest BCUT2D eigenvalue weighted by Gasteiger charge is 2.19. The van der Waals surface area contributed by atoms with Crippen molar-refractivity contribution in [3.05, 3.63) is 46.6 Å². The molecule has 3 aromatic heterocycles. The molecule has 0 radical (unpaired) electrons. The Hall–Kier alpha value is -2.30. The zero-order chi connectivity index (χ0) is 16.4. The number of thioether (sulfide) groups is 1. The van der Waals surface area contributed by atoms with Gasteiger partial charge in [0.25, 0.3) is 5.91 Å². The molecule has 0 aliphatic heterocycles. The first-order valence-electron chi connectivity index (χ1n) is 7.03. The van der Waals surface area contributed by atoms with Gasteiger partial charge in [0.15, 0.2) is 10.9 Å². The molecule has 3 rings (SSSR count). The van der Waals surface area contributed by atoms with Crippen LogP contribution in [0.1, 0.15) is 27.9 Å². The van der Waals surface area contributed by atoms with Crippen LogP contribution >= 0.6 is 23.1 Å². The molecule has 7 heteroatoms. The number of pyridine rings is 1. The molecule has 23 heavy (non-hydrogen) atoms. The van der Waals surface area contributed by atoms with Gasteiger partial charge in [-0.3, -0.25) is 9.20 Å². The number of nitrogens with one attached hydrogen (secondary N) is 1. The number of fused-ring (bicyclic) bond motifs is 1. The lowest BCUT2D eigenvalue weighted by molar-refractivity contribution is 0.102. The van der Waals surface area contributed by atoms with E-state index in [0.717, 1.165) is 22.0 Å². The summed E-state index contributed by atoms with van der Waals surface area (Å²) in [4.78, 5) is 18.1. The van der Waals surface area contributed by atoms with Crippen molar-refractivity contribution in [1.82, 2.24) is 9.38 Å². The van der Waals surface area contributed by atoms with Crippen molar-refractivity contribution in [1.29, 1.82) is 5.26 Å². The van der Waals surface area contributed by atoms with Crippen LogP contribution in [0.4, 0.5) is 5.00 Å². The number of nitrogens with zero attached hydrogens (tertiary/aromatic N) is 3. The number of rotatable bonds is 4. The number of imidazole rings is 1. The molecule has 0 saturated carbocycles. The van der Waals surface area contributed by atoms with E-state index >= 15 is 0 Å². The van der Waals surface area contributed by atoms with Gasteiger partial charge in [-0.05, 0) is 30.9 Å². The smallest absolute Gasteiger partial charge is 0.277 e. The molecule has 0 aliphatic carbocycles. The summed E-state index contributed by atoms with van der Waals surface area (Å²) in [7, 11) is 0. The number of thiophene rings is 1. The van der Waals surface area contributed by atoms with Gasteiger partial charge in [0.05, 0.1) is 11.1 Å². The minimum atomic E-state index is -0.296. The zero-order valence-electron chi connectivity index (χ0n) is 12.7. The number of carbonyl (C=O) groups is 1. The van der Waals surface area contributed by atoms with E-state index < -0.39 is 0 Å². The maximum absolute atomic E-state index is 12.6. The highest BCUT2D eigenvalue weighted by atomic mass is 32.2. The van der Waals surface area contributed by atoms with Crippen molar-refractivity contribution in [3.63, 3.8) is 0 Å². The second kappa shape index (κ2) is 6.44. The number of nitriles is 1. The minimum Gasteiger partial charge on any atom is -0.311 e. The largest absolute Gasteiger partial charge is 0.311 e. The molecule has 0 saturated heterocycles. The number of hydrogen-bond donors (Lipinski definition) is 1. The molecular formula is C16H14N4OS2. The fourth-order valence-electron chi connectivity index (χ4n) is 2.28. The molecule has 116 valence electrons. The summed E-state index contributed by atoms with van der Waals surface area (Å²) in [6, 6.07) is 9.58. The summed E-state index contributed by atoms with van der Waals surface area (Å²) in [6.07, 6.45) is 4.63. The van der Waals surface area contributed by atoms with Gasteiger partial charge in [-0.2, -0.15) is 5.26 Å². The average molecular weight is 342 g/mol. The SMILES string of the molecule is CCc1cc(C#N)c(NC(=O)c2nc(SC)n3ccccc23)s1. The van der Waals surface area contributed by atoms with Crippen molar-refractivity contribution in [3.8, 4) is 6.07 Å². The van der Waals surface area contributed by atoms with E-state index in [1.807, 2.05) is 48.0 Å². The average Bonchev–Trinajstić information content (AvgIpc) is 3.15. The van der Waals surface area contributed by atoms with Crippen LogP contribution in [0.3, 0.4) is 0 Å². The molecule has 0 aromatic carbocycles. The van der Waals surface area contributed by atoms with Crippen LogP contribution in [0.5, 0.6) is 0 Å². The third-order valence-corrected chi connectivity index (χ3v) is 5.24. The number of anilines is 1. The van der Waals surface area contributed by atoms with E-state index in [4.69, 9.17) is 0 Å². The Kier molecular flexibility index (Phi) is 4.37. The standard InChI is InChI=1S/C16H14N4OS2/c1-3-11-8-10(9-17)15(23-11)19-14(21)13-12-6-4-5-7-20(12)16(18-13)22-2/h4-8H,3H2,1-2H3,(H,19,21). The second-order valence-corrected chi connectivity index (χ2v) is 6.69. The number of amides is 1. The third kappa shape index (κ3) is 2.83. The molecular weight excluding hydrogens is 328 g/mol. The van der Waals surface area contributed by atoms with E-state index in [0.29, 0.717) is 16.3 Å². The van der Waals surface area contributed by atoms with Crippen LogP contribution in [-0.2, 0) is 6.42 Å². The van der Waals surface area contributed by atoms with Gasteiger partial charge in [0, 0.05) is 11.1 Å². The van der Waals surface area contributed by atoms with Crippen molar-refractivity contribution >= 4 is 39.5 Å². The first-order valence-corrected chi connectivity index (χ1v) is 9.07. The molecule has 0 fully saturated rings. The Bertz CT molecular complexity index is 920. The molecule has 0 aliphatic rings. The van der Waals surface area contributed by atoms with E-state index in [1.54, 1.807) is 0 Å². The van der Waals surface area contributed by atoms with Gasteiger partial charge >= 0.3 is 0 Å². The molecule has 0 atom stereocenters. The lowest BCUT2D eigenvalue weighted by Crippen LogP contribution is -2.12. The predicted molar refractivity (Wildman–Crippen MR) is 93.3 cm³/mol. The van der Waals surface area contributed by atoms with E-state index in [2.05, 4.69) is 16.4 Å². The molecule has 1 amide bonds. The lowest BCUT2D eigenvalue weighted by Gasteiger charge is -2.01. The molecule has 3 heterocycles. The van der Waals surface area contributed by atoms with Crippen LogP contribution < -0.4 is 5.32 Å². The van der Waals surface area contributed by atoms with Gasteiger partial charge in [-0.25, -0.2) is 4.98 Å². The molecule has 0 unspecified atom stereocenters. The van der Waals surface area contributed by atoms with Crippen LogP contribution in [-0.4, -0.2) is 21.5 Å². The minimum absolute atomic E-state index is 0.296. The maximum atomic E-state index is 12.6. The van der Waals surface area contributed by atoms with Crippen molar-refractivity contribution < 1.29 is 4.79 Å². The van der Waals surface area contributed by atoms with E-state index in [1.165, 1.54) is 23.1 Å². The molecule has 0 bridgehead atoms. The number of hydrogen-bond acceptors (Lipinski definition) is 5. The molecule has 1 N–H and O–H groups in total. The predicted octanol–water partition coefficient (Wildman–Crippen LogP) is 3.80. The first kappa shape index (κ1) is 15.6. The molecule has 5 nitrogen and oxygen atoms in total. The Morgan fingerprint density at radius 2 is 2.35 bits per heavy atom. The Labute approximate surface area is 142 Å². The van der Waals surface area contributed by atoms with Crippen LogP contribution in [0.15, 0.2) is 35.6 Å². The van der Waals surface area contributed by atoms with E-state index in [9.17, 15) is 10.1 Å². The quantitative estimate of drug-likeness (QED) is 0.732. The molecule has 3 aromatic rings. The summed E-state index contributed by atoms with van der Waals surface area (Å²) >= 11 is 2.91. The van der Waals surface area contributed by atoms with Crippen LogP contribution in [0.25, 0.3) is 5.52 Å². The number of aromatic nitrogens is 2. The molecule has 0 spiro atoms. The Balaban J connectivity index is 1.99. The van der Waals surface area contributed by atoms with Crippen LogP contribution in [0.2, 0.25) is 0 Å². The Morgan fingerprint density at radius 1 is 1.52 bits per heavy atom. The monoisotopic (exact) mass is 342 g/mol. The summed E-state index contributed by atoms with van der Waals surface area (Å²) in [5.41, 5.74) is 1.61. The highest BCUT2D eigenvalue weighted by molar-refractivity contribution is 7.98. The van der Waals surface area contributed by atoms with Gasteiger partial charge < -0.3 is 5.32 Å². The zero-order valence-corrected chi connectivity index (χ0v) is 14.3. The summed E-state index contributed by atoms with van der Waals surface area (Å²) < 4.78 is 1.89. The maximum Gasteiger partial charge on any atom is 0.277 e. The summed E-state index contributed by atoms with van der Waals surface area (Å²) in [5, 5.41) is 13.4. The number of aryl methyl sites for hydroxylation is 1. The van der Waals surface area contributed by atoms with Gasteiger partial charge in [-0.1, -0.05) is 24.8 Å². The van der Waals surface area contributed by atoms with Gasteiger partial charge in [0.1, 0.15) is 11.1 Å². The van der Waals surface area contributed by atoms with Gasteiger partial charge in [-0.15, -0.1) is 11.3 Å². The second-order valence-electron chi connectivity index (χ2n) is 4.78. The summed E-state index contributed by atoms with van der Waals surface area (Å²) in [6.45, 7) is 2.02. The Morgan fingerprint density at radius 3 is 3.04 bits per heavy atom. The third-order valence-electron chi connectivity index (χ3n) is 3.39. The van der Waals surface area contributed by atoms with Crippen molar-refractivity contribution in [2.45, 2.75) is 18.5 Å². The van der Waals surface area contributed by atoms with Crippen molar-refractivity contribution in [2.75, 3.05) is 11.6 Å². The lowest BCUT2D eigenvalue weighted by atomic mass is 10.2. The normalized spacial score (nSPS) is 10.7. The topological polar surface area (TPSA) is 70.2 Å². The fourth-order valence-corrected chi connectivity index (χ4v) is 3.76.